The monoisotopic (exact) mass is 424 g/mol. The molecule has 0 aliphatic carbocycles. The number of alkyl halides is 3. The van der Waals surface area contributed by atoms with E-state index in [0.29, 0.717) is 6.42 Å². The van der Waals surface area contributed by atoms with Crippen LogP contribution in [0.5, 0.6) is 0 Å². The topological polar surface area (TPSA) is 58.2 Å². The lowest BCUT2D eigenvalue weighted by atomic mass is 10.1. The van der Waals surface area contributed by atoms with E-state index in [2.05, 4.69) is 5.32 Å². The Bertz CT molecular complexity index is 893. The molecule has 0 aliphatic heterocycles. The van der Waals surface area contributed by atoms with Gasteiger partial charge in [0.05, 0.1) is 0 Å². The van der Waals surface area contributed by atoms with Crippen molar-refractivity contribution < 1.29 is 27.2 Å². The lowest BCUT2D eigenvalue weighted by Crippen LogP contribution is -2.33. The van der Waals surface area contributed by atoms with Crippen molar-refractivity contribution >= 4 is 17.5 Å². The molecule has 0 radical (unpaired) electrons. The normalized spacial score (nSPS) is 11.3. The molecule has 0 spiro atoms. The molecular formula is C22H24F4N2O2. The number of benzene rings is 2. The van der Waals surface area contributed by atoms with Gasteiger partial charge in [-0.1, -0.05) is 29.8 Å². The Morgan fingerprint density at radius 1 is 1.00 bits per heavy atom. The van der Waals surface area contributed by atoms with Crippen LogP contribution in [0.4, 0.5) is 23.2 Å². The van der Waals surface area contributed by atoms with Crippen LogP contribution in [0.2, 0.25) is 0 Å². The number of nitrogens with one attached hydrogen (secondary N) is 2. The maximum absolute atomic E-state index is 14.1. The Morgan fingerprint density at radius 2 is 1.67 bits per heavy atom. The highest BCUT2D eigenvalue weighted by Gasteiger charge is 2.28. The summed E-state index contributed by atoms with van der Waals surface area (Å²) in [7, 11) is 0. The first kappa shape index (κ1) is 23.4. The number of rotatable bonds is 8. The molecule has 0 atom stereocenters. The number of amides is 2. The van der Waals surface area contributed by atoms with Crippen LogP contribution >= 0.6 is 0 Å². The van der Waals surface area contributed by atoms with Crippen molar-refractivity contribution in [3.8, 4) is 0 Å². The molecule has 2 aromatic rings. The molecule has 4 nitrogen and oxygen atoms in total. The van der Waals surface area contributed by atoms with Gasteiger partial charge in [0.25, 0.3) is 5.91 Å². The molecule has 0 fully saturated rings. The minimum Gasteiger partial charge on any atom is -0.343 e. The van der Waals surface area contributed by atoms with Gasteiger partial charge in [0, 0.05) is 23.2 Å². The quantitative estimate of drug-likeness (QED) is 0.458. The van der Waals surface area contributed by atoms with Gasteiger partial charge in [0.1, 0.15) is 12.4 Å². The Kier molecular flexibility index (Phi) is 7.97. The van der Waals surface area contributed by atoms with Crippen LogP contribution in [0.1, 0.15) is 46.3 Å². The number of carbonyl (C=O) groups excluding carboxylic acids is 2. The molecule has 0 saturated heterocycles. The number of anilines is 1. The van der Waals surface area contributed by atoms with Crippen LogP contribution in [0.25, 0.3) is 0 Å². The van der Waals surface area contributed by atoms with Gasteiger partial charge in [-0.15, -0.1) is 0 Å². The fraction of sp³-hybridized carbons (Fsp3) is 0.364. The molecular weight excluding hydrogens is 400 g/mol. The van der Waals surface area contributed by atoms with Gasteiger partial charge in [-0.2, -0.15) is 13.2 Å². The number of aryl methyl sites for hydroxylation is 2. The molecule has 0 aromatic heterocycles. The van der Waals surface area contributed by atoms with E-state index in [-0.39, 0.29) is 29.1 Å². The molecule has 2 rings (SSSR count). The first-order chi connectivity index (χ1) is 14.0. The van der Waals surface area contributed by atoms with Crippen molar-refractivity contribution in [3.05, 3.63) is 64.5 Å². The zero-order valence-corrected chi connectivity index (χ0v) is 16.8. The predicted octanol–water partition coefficient (Wildman–Crippen LogP) is 5.09. The average molecular weight is 424 g/mol. The van der Waals surface area contributed by atoms with Crippen LogP contribution in [0.15, 0.2) is 36.4 Å². The number of hydrogen-bond acceptors (Lipinski definition) is 2. The van der Waals surface area contributed by atoms with E-state index in [1.54, 1.807) is 5.32 Å². The van der Waals surface area contributed by atoms with Crippen LogP contribution in [0, 0.1) is 19.7 Å². The Balaban J connectivity index is 1.91. The molecule has 0 bridgehead atoms. The lowest BCUT2D eigenvalue weighted by Gasteiger charge is -2.13. The fourth-order valence-corrected chi connectivity index (χ4v) is 2.80. The highest BCUT2D eigenvalue weighted by atomic mass is 19.4. The third kappa shape index (κ3) is 7.50. The largest absolute Gasteiger partial charge is 0.405 e. The zero-order chi connectivity index (χ0) is 22.3. The molecule has 0 heterocycles. The van der Waals surface area contributed by atoms with Crippen LogP contribution in [-0.4, -0.2) is 24.5 Å². The highest BCUT2D eigenvalue weighted by Crippen LogP contribution is 2.22. The number of unbranched alkanes of at least 4 members (excludes halogenated alkanes) is 1. The Morgan fingerprint density at radius 3 is 2.30 bits per heavy atom. The summed E-state index contributed by atoms with van der Waals surface area (Å²) in [6.07, 6.45) is -2.13. The van der Waals surface area contributed by atoms with Gasteiger partial charge in [-0.3, -0.25) is 9.59 Å². The average Bonchev–Trinajstić information content (AvgIpc) is 2.67. The summed E-state index contributed by atoms with van der Waals surface area (Å²) in [5, 5.41) is 4.23. The summed E-state index contributed by atoms with van der Waals surface area (Å²) in [6.45, 7) is 1.90. The van der Waals surface area contributed by atoms with E-state index < -0.39 is 24.4 Å². The van der Waals surface area contributed by atoms with E-state index in [9.17, 15) is 27.2 Å². The van der Waals surface area contributed by atoms with Crippen LogP contribution < -0.4 is 10.6 Å². The fourth-order valence-electron chi connectivity index (χ4n) is 2.80. The Labute approximate surface area is 172 Å². The van der Waals surface area contributed by atoms with Gasteiger partial charge in [0.2, 0.25) is 5.91 Å². The zero-order valence-electron chi connectivity index (χ0n) is 16.8. The van der Waals surface area contributed by atoms with E-state index in [1.165, 1.54) is 24.1 Å². The molecule has 0 saturated carbocycles. The molecule has 0 unspecified atom stereocenters. The van der Waals surface area contributed by atoms with Gasteiger partial charge >= 0.3 is 6.18 Å². The summed E-state index contributed by atoms with van der Waals surface area (Å²) in [5.41, 5.74) is 2.23. The summed E-state index contributed by atoms with van der Waals surface area (Å²) < 4.78 is 50.9. The first-order valence-corrected chi connectivity index (χ1v) is 9.55. The minimum atomic E-state index is -4.57. The SMILES string of the molecule is Cc1ccc(CCCCC(=O)Nc2cc(C(=O)NCC(F)(F)F)cc(F)c2C)cc1. The highest BCUT2D eigenvalue weighted by molar-refractivity contribution is 5.97. The maximum Gasteiger partial charge on any atom is 0.405 e. The predicted molar refractivity (Wildman–Crippen MR) is 107 cm³/mol. The second-order valence-corrected chi connectivity index (χ2v) is 7.17. The summed E-state index contributed by atoms with van der Waals surface area (Å²) in [6, 6.07) is 10.1. The van der Waals surface area contributed by atoms with Gasteiger partial charge in [-0.05, 0) is 50.8 Å². The maximum atomic E-state index is 14.1. The molecule has 2 aromatic carbocycles. The van der Waals surface area contributed by atoms with Crippen molar-refractivity contribution in [2.24, 2.45) is 0 Å². The van der Waals surface area contributed by atoms with Crippen molar-refractivity contribution in [2.75, 3.05) is 11.9 Å². The summed E-state index contributed by atoms with van der Waals surface area (Å²) >= 11 is 0. The number of carbonyl (C=O) groups is 2. The van der Waals surface area contributed by atoms with Gasteiger partial charge in [0.15, 0.2) is 0 Å². The Hall–Kier alpha value is -2.90. The molecule has 8 heteroatoms. The second-order valence-electron chi connectivity index (χ2n) is 7.17. The van der Waals surface area contributed by atoms with E-state index in [1.807, 2.05) is 31.2 Å². The number of hydrogen-bond donors (Lipinski definition) is 2. The number of halogens is 4. The van der Waals surface area contributed by atoms with Gasteiger partial charge in [-0.25, -0.2) is 4.39 Å². The molecule has 0 aliphatic rings. The molecule has 30 heavy (non-hydrogen) atoms. The molecule has 2 N–H and O–H groups in total. The third-order valence-corrected chi connectivity index (χ3v) is 4.57. The van der Waals surface area contributed by atoms with Crippen molar-refractivity contribution in [1.29, 1.82) is 0 Å². The summed E-state index contributed by atoms with van der Waals surface area (Å²) in [4.78, 5) is 24.1. The van der Waals surface area contributed by atoms with Crippen molar-refractivity contribution in [3.63, 3.8) is 0 Å². The third-order valence-electron chi connectivity index (χ3n) is 4.57. The van der Waals surface area contributed by atoms with E-state index in [0.717, 1.165) is 18.9 Å². The summed E-state index contributed by atoms with van der Waals surface area (Å²) in [5.74, 6) is -2.21. The van der Waals surface area contributed by atoms with E-state index in [4.69, 9.17) is 0 Å². The first-order valence-electron chi connectivity index (χ1n) is 9.55. The van der Waals surface area contributed by atoms with Crippen molar-refractivity contribution in [2.45, 2.75) is 45.7 Å². The van der Waals surface area contributed by atoms with Crippen LogP contribution in [-0.2, 0) is 11.2 Å². The van der Waals surface area contributed by atoms with Gasteiger partial charge < -0.3 is 10.6 Å². The second kappa shape index (κ2) is 10.2. The smallest absolute Gasteiger partial charge is 0.343 e. The van der Waals surface area contributed by atoms with Crippen molar-refractivity contribution in [1.82, 2.24) is 5.32 Å². The van der Waals surface area contributed by atoms with Crippen LogP contribution in [0.3, 0.4) is 0 Å². The lowest BCUT2D eigenvalue weighted by molar-refractivity contribution is -0.123. The standard InChI is InChI=1S/C22H24F4N2O2/c1-14-7-9-16(10-8-14)5-3-4-6-20(29)28-19-12-17(11-18(23)15(19)2)21(30)27-13-22(24,25)26/h7-12H,3-6,13H2,1-2H3,(H,27,30)(H,28,29). The van der Waals surface area contributed by atoms with E-state index >= 15 is 0 Å². The molecule has 2 amide bonds. The molecule has 162 valence electrons. The minimum absolute atomic E-state index is 0.0655.